The van der Waals surface area contributed by atoms with Crippen molar-refractivity contribution in [2.75, 3.05) is 7.11 Å². The van der Waals surface area contributed by atoms with Crippen molar-refractivity contribution in [3.63, 3.8) is 0 Å². The van der Waals surface area contributed by atoms with E-state index in [4.69, 9.17) is 9.15 Å². The van der Waals surface area contributed by atoms with Gasteiger partial charge in [0.05, 0.1) is 7.11 Å². The normalized spacial score (nSPS) is 10.8. The van der Waals surface area contributed by atoms with E-state index in [0.29, 0.717) is 29.2 Å². The number of amides is 1. The lowest BCUT2D eigenvalue weighted by Crippen LogP contribution is -2.32. The molecule has 0 atom stereocenters. The number of para-hydroxylation sites is 1. The van der Waals surface area contributed by atoms with Crippen molar-refractivity contribution < 1.29 is 13.9 Å². The molecule has 7 heteroatoms. The van der Waals surface area contributed by atoms with E-state index < -0.39 is 0 Å². The third kappa shape index (κ3) is 3.26. The van der Waals surface area contributed by atoms with Gasteiger partial charge in [0.25, 0.3) is 5.56 Å². The van der Waals surface area contributed by atoms with Crippen LogP contribution in [0.2, 0.25) is 0 Å². The number of methoxy groups -OCH3 is 1. The second-order valence-electron chi connectivity index (χ2n) is 5.73. The van der Waals surface area contributed by atoms with Crippen LogP contribution in [0.3, 0.4) is 0 Å². The molecule has 1 aromatic carbocycles. The Morgan fingerprint density at radius 3 is 2.84 bits per heavy atom. The quantitative estimate of drug-likeness (QED) is 0.766. The summed E-state index contributed by atoms with van der Waals surface area (Å²) in [6.45, 7) is 3.79. The van der Waals surface area contributed by atoms with Gasteiger partial charge in [-0.05, 0) is 19.9 Å². The van der Waals surface area contributed by atoms with Crippen LogP contribution in [0.15, 0.2) is 39.8 Å². The number of aryl methyl sites for hydroxylation is 2. The number of hydrogen-bond donors (Lipinski definition) is 1. The van der Waals surface area contributed by atoms with Gasteiger partial charge in [0, 0.05) is 17.7 Å². The summed E-state index contributed by atoms with van der Waals surface area (Å²) in [6.07, 6.45) is 1.33. The number of ether oxygens (including phenoxy) is 1. The number of nitrogens with zero attached hydrogens (tertiary/aromatic N) is 2. The van der Waals surface area contributed by atoms with Gasteiger partial charge in [-0.25, -0.2) is 4.98 Å². The Hall–Kier alpha value is -3.09. The summed E-state index contributed by atoms with van der Waals surface area (Å²) >= 11 is 0. The highest BCUT2D eigenvalue weighted by molar-refractivity contribution is 5.79. The summed E-state index contributed by atoms with van der Waals surface area (Å²) < 4.78 is 12.0. The second kappa shape index (κ2) is 6.80. The third-order valence-corrected chi connectivity index (χ3v) is 4.14. The molecule has 0 fully saturated rings. The zero-order valence-corrected chi connectivity index (χ0v) is 14.3. The number of aromatic nitrogens is 2. The molecule has 0 bridgehead atoms. The van der Waals surface area contributed by atoms with Crippen LogP contribution in [-0.2, 0) is 17.9 Å². The van der Waals surface area contributed by atoms with Crippen molar-refractivity contribution >= 4 is 17.0 Å². The van der Waals surface area contributed by atoms with Crippen LogP contribution in [0.5, 0.6) is 5.75 Å². The lowest BCUT2D eigenvalue weighted by Gasteiger charge is -2.10. The maximum absolute atomic E-state index is 12.5. The van der Waals surface area contributed by atoms with Crippen molar-refractivity contribution in [1.29, 1.82) is 0 Å². The van der Waals surface area contributed by atoms with Gasteiger partial charge in [-0.1, -0.05) is 18.2 Å². The smallest absolute Gasteiger partial charge is 0.265 e. The fourth-order valence-corrected chi connectivity index (χ4v) is 2.64. The first-order chi connectivity index (χ1) is 12.0. The van der Waals surface area contributed by atoms with Crippen molar-refractivity contribution in [3.05, 3.63) is 57.8 Å². The lowest BCUT2D eigenvalue weighted by molar-refractivity contribution is -0.121. The fourth-order valence-electron chi connectivity index (χ4n) is 2.64. The van der Waals surface area contributed by atoms with Gasteiger partial charge < -0.3 is 14.5 Å². The monoisotopic (exact) mass is 341 g/mol. The minimum absolute atomic E-state index is 0.111. The Kier molecular flexibility index (Phi) is 4.56. The molecule has 0 saturated carbocycles. The molecule has 25 heavy (non-hydrogen) atoms. The van der Waals surface area contributed by atoms with Crippen LogP contribution >= 0.6 is 0 Å². The van der Waals surface area contributed by atoms with Crippen LogP contribution in [0.1, 0.15) is 16.9 Å². The second-order valence-corrected chi connectivity index (χ2v) is 5.73. The van der Waals surface area contributed by atoms with E-state index in [9.17, 15) is 9.59 Å². The molecular formula is C18H19N3O4. The number of fused-ring (bicyclic) bond motifs is 1. The molecule has 3 rings (SSSR count). The van der Waals surface area contributed by atoms with Gasteiger partial charge in [-0.15, -0.1) is 0 Å². The Balaban J connectivity index is 1.75. The minimum atomic E-state index is -0.285. The summed E-state index contributed by atoms with van der Waals surface area (Å²) in [4.78, 5) is 28.9. The highest BCUT2D eigenvalue weighted by Gasteiger charge is 2.15. The summed E-state index contributed by atoms with van der Waals surface area (Å²) in [5, 5.41) is 3.20. The third-order valence-electron chi connectivity index (χ3n) is 4.14. The first-order valence-corrected chi connectivity index (χ1v) is 7.85. The molecule has 0 aliphatic heterocycles. The number of nitrogens with one attached hydrogen (secondary N) is 1. The van der Waals surface area contributed by atoms with E-state index in [0.717, 1.165) is 11.1 Å². The number of carbonyl (C=O) groups is 1. The number of benzene rings is 1. The van der Waals surface area contributed by atoms with Gasteiger partial charge in [0.2, 0.25) is 11.6 Å². The molecular weight excluding hydrogens is 322 g/mol. The number of rotatable bonds is 5. The molecule has 0 spiro atoms. The van der Waals surface area contributed by atoms with Gasteiger partial charge in [0.1, 0.15) is 29.8 Å². The van der Waals surface area contributed by atoms with E-state index in [2.05, 4.69) is 10.3 Å². The van der Waals surface area contributed by atoms with Crippen LogP contribution in [0.25, 0.3) is 11.1 Å². The van der Waals surface area contributed by atoms with Crippen LogP contribution in [-0.4, -0.2) is 22.6 Å². The topological polar surface area (TPSA) is 86.4 Å². The van der Waals surface area contributed by atoms with Crippen molar-refractivity contribution in [3.8, 4) is 5.75 Å². The maximum Gasteiger partial charge on any atom is 0.265 e. The van der Waals surface area contributed by atoms with Crippen LogP contribution < -0.4 is 15.6 Å². The molecule has 0 unspecified atom stereocenters. The molecule has 2 aromatic heterocycles. The van der Waals surface area contributed by atoms with Gasteiger partial charge in [0.15, 0.2) is 0 Å². The molecule has 7 nitrogen and oxygen atoms in total. The molecule has 0 aliphatic rings. The van der Waals surface area contributed by atoms with E-state index in [-0.39, 0.29) is 18.0 Å². The zero-order valence-electron chi connectivity index (χ0n) is 14.3. The van der Waals surface area contributed by atoms with E-state index >= 15 is 0 Å². The largest absolute Gasteiger partial charge is 0.496 e. The van der Waals surface area contributed by atoms with Crippen molar-refractivity contribution in [2.45, 2.75) is 26.9 Å². The number of furan rings is 1. The molecule has 0 saturated heterocycles. The molecule has 1 amide bonds. The molecule has 0 aliphatic carbocycles. The number of hydrogen-bond acceptors (Lipinski definition) is 5. The average Bonchev–Trinajstić information content (AvgIpc) is 2.91. The van der Waals surface area contributed by atoms with Gasteiger partial charge >= 0.3 is 0 Å². The van der Waals surface area contributed by atoms with Crippen molar-refractivity contribution in [2.24, 2.45) is 0 Å². The standard InChI is InChI=1S/C18H19N3O4/c1-11-12(2)25-17-16(11)18(23)21(10-20-17)9-15(22)19-8-13-6-4-5-7-14(13)24-3/h4-7,10H,8-9H2,1-3H3,(H,19,22). The Labute approximate surface area is 144 Å². The molecule has 0 radical (unpaired) electrons. The van der Waals surface area contributed by atoms with Crippen LogP contribution in [0.4, 0.5) is 0 Å². The summed E-state index contributed by atoms with van der Waals surface area (Å²) in [6, 6.07) is 7.43. The highest BCUT2D eigenvalue weighted by atomic mass is 16.5. The van der Waals surface area contributed by atoms with E-state index in [1.165, 1.54) is 10.9 Å². The summed E-state index contributed by atoms with van der Waals surface area (Å²) in [7, 11) is 1.58. The van der Waals surface area contributed by atoms with E-state index in [1.807, 2.05) is 24.3 Å². The summed E-state index contributed by atoms with van der Waals surface area (Å²) in [5.41, 5.74) is 1.62. The minimum Gasteiger partial charge on any atom is -0.496 e. The SMILES string of the molecule is COc1ccccc1CNC(=O)Cn1cnc2oc(C)c(C)c2c1=O. The highest BCUT2D eigenvalue weighted by Crippen LogP contribution is 2.19. The predicted molar refractivity (Wildman–Crippen MR) is 92.6 cm³/mol. The fraction of sp³-hybridized carbons (Fsp3) is 0.278. The maximum atomic E-state index is 12.5. The lowest BCUT2D eigenvalue weighted by atomic mass is 10.2. The molecule has 3 aromatic rings. The predicted octanol–water partition coefficient (Wildman–Crippen LogP) is 1.93. The summed E-state index contributed by atoms with van der Waals surface area (Å²) in [5.74, 6) is 1.07. The Morgan fingerprint density at radius 2 is 2.08 bits per heavy atom. The van der Waals surface area contributed by atoms with Crippen molar-refractivity contribution in [1.82, 2.24) is 14.9 Å². The number of carbonyl (C=O) groups excluding carboxylic acids is 1. The van der Waals surface area contributed by atoms with Crippen LogP contribution in [0, 0.1) is 13.8 Å². The first kappa shape index (κ1) is 16.8. The molecule has 130 valence electrons. The Morgan fingerprint density at radius 1 is 1.32 bits per heavy atom. The molecule has 1 N–H and O–H groups in total. The van der Waals surface area contributed by atoms with Gasteiger partial charge in [-0.3, -0.25) is 14.2 Å². The Bertz CT molecular complexity index is 988. The zero-order chi connectivity index (χ0) is 18.0. The van der Waals surface area contributed by atoms with Gasteiger partial charge in [-0.2, -0.15) is 0 Å². The average molecular weight is 341 g/mol. The first-order valence-electron chi connectivity index (χ1n) is 7.85. The molecule has 2 heterocycles. The van der Waals surface area contributed by atoms with E-state index in [1.54, 1.807) is 21.0 Å².